The van der Waals surface area contributed by atoms with Gasteiger partial charge in [0, 0.05) is 6.20 Å². The van der Waals surface area contributed by atoms with Crippen molar-refractivity contribution in [2.45, 2.75) is 6.54 Å². The molecule has 0 radical (unpaired) electrons. The van der Waals surface area contributed by atoms with E-state index in [4.69, 9.17) is 0 Å². The fraction of sp³-hybridized carbons (Fsp3) is 0.0500. The molecule has 24 heavy (non-hydrogen) atoms. The number of hydrogen-bond acceptors (Lipinski definition) is 3. The number of fused-ring (bicyclic) bond motifs is 1. The van der Waals surface area contributed by atoms with Crippen molar-refractivity contribution in [1.29, 1.82) is 0 Å². The Morgan fingerprint density at radius 1 is 0.833 bits per heavy atom. The van der Waals surface area contributed by atoms with Crippen LogP contribution in [-0.2, 0) is 6.54 Å². The van der Waals surface area contributed by atoms with Crippen molar-refractivity contribution in [1.82, 2.24) is 14.5 Å². The zero-order valence-corrected chi connectivity index (χ0v) is 13.0. The Kier molecular flexibility index (Phi) is 3.63. The van der Waals surface area contributed by atoms with E-state index in [1.165, 1.54) is 6.20 Å². The minimum absolute atomic E-state index is 0.147. The molecular formula is C20H15N3O. The van der Waals surface area contributed by atoms with Gasteiger partial charge in [-0.15, -0.1) is 0 Å². The van der Waals surface area contributed by atoms with Gasteiger partial charge in [0.2, 0.25) is 0 Å². The Morgan fingerprint density at radius 3 is 2.54 bits per heavy atom. The highest BCUT2D eigenvalue weighted by Crippen LogP contribution is 2.20. The van der Waals surface area contributed by atoms with Gasteiger partial charge in [-0.3, -0.25) is 9.36 Å². The van der Waals surface area contributed by atoms with Gasteiger partial charge in [0.25, 0.3) is 5.56 Å². The van der Waals surface area contributed by atoms with E-state index in [-0.39, 0.29) is 5.56 Å². The third-order valence-electron chi connectivity index (χ3n) is 3.98. The standard InChI is InChI=1S/C20H15N3O/c24-19-13-22-18-10-5-11-21-20(18)23(19)14-15-6-4-9-17(12-15)16-7-2-1-3-8-16/h1-13H,14H2. The lowest BCUT2D eigenvalue weighted by Gasteiger charge is -2.10. The highest BCUT2D eigenvalue weighted by molar-refractivity contribution is 5.69. The molecule has 0 saturated carbocycles. The minimum Gasteiger partial charge on any atom is -0.286 e. The Balaban J connectivity index is 1.77. The first-order valence-corrected chi connectivity index (χ1v) is 7.76. The van der Waals surface area contributed by atoms with E-state index in [0.29, 0.717) is 12.2 Å². The predicted molar refractivity (Wildman–Crippen MR) is 94.8 cm³/mol. The van der Waals surface area contributed by atoms with E-state index in [1.54, 1.807) is 10.8 Å². The molecule has 2 aromatic heterocycles. The first-order valence-electron chi connectivity index (χ1n) is 7.76. The van der Waals surface area contributed by atoms with E-state index in [2.05, 4.69) is 34.2 Å². The molecule has 0 aliphatic rings. The molecule has 4 rings (SSSR count). The average molecular weight is 313 g/mol. The molecule has 2 heterocycles. The molecule has 0 N–H and O–H groups in total. The zero-order valence-electron chi connectivity index (χ0n) is 13.0. The van der Waals surface area contributed by atoms with E-state index >= 15 is 0 Å². The highest BCUT2D eigenvalue weighted by atomic mass is 16.1. The van der Waals surface area contributed by atoms with Crippen molar-refractivity contribution in [3.05, 3.63) is 95.0 Å². The molecule has 4 nitrogen and oxygen atoms in total. The molecule has 116 valence electrons. The summed E-state index contributed by atoms with van der Waals surface area (Å²) < 4.78 is 1.66. The Morgan fingerprint density at radius 2 is 1.67 bits per heavy atom. The van der Waals surface area contributed by atoms with E-state index < -0.39 is 0 Å². The molecule has 2 aromatic carbocycles. The lowest BCUT2D eigenvalue weighted by Crippen LogP contribution is -2.21. The summed E-state index contributed by atoms with van der Waals surface area (Å²) in [5.41, 5.74) is 4.52. The summed E-state index contributed by atoms with van der Waals surface area (Å²) in [5, 5.41) is 0. The van der Waals surface area contributed by atoms with Crippen LogP contribution in [0.1, 0.15) is 5.56 Å². The van der Waals surface area contributed by atoms with Crippen molar-refractivity contribution in [3.8, 4) is 11.1 Å². The molecule has 0 spiro atoms. The number of pyridine rings is 1. The summed E-state index contributed by atoms with van der Waals surface area (Å²) >= 11 is 0. The van der Waals surface area contributed by atoms with Crippen molar-refractivity contribution in [3.63, 3.8) is 0 Å². The Hall–Kier alpha value is -3.27. The van der Waals surface area contributed by atoms with Crippen molar-refractivity contribution in [2.24, 2.45) is 0 Å². The maximum Gasteiger partial charge on any atom is 0.270 e. The molecule has 0 unspecified atom stereocenters. The van der Waals surface area contributed by atoms with Crippen LogP contribution in [0.5, 0.6) is 0 Å². The van der Waals surface area contributed by atoms with Gasteiger partial charge < -0.3 is 0 Å². The second-order valence-electron chi connectivity index (χ2n) is 5.60. The van der Waals surface area contributed by atoms with Crippen LogP contribution in [0.15, 0.2) is 83.9 Å². The molecule has 0 fully saturated rings. The summed E-state index contributed by atoms with van der Waals surface area (Å²) in [6.45, 7) is 0.468. The van der Waals surface area contributed by atoms with Crippen LogP contribution < -0.4 is 5.56 Å². The van der Waals surface area contributed by atoms with Gasteiger partial charge in [-0.25, -0.2) is 9.97 Å². The maximum absolute atomic E-state index is 12.3. The van der Waals surface area contributed by atoms with Crippen molar-refractivity contribution < 1.29 is 0 Å². The van der Waals surface area contributed by atoms with E-state index in [0.717, 1.165) is 22.2 Å². The van der Waals surface area contributed by atoms with Gasteiger partial charge in [-0.05, 0) is 34.9 Å². The van der Waals surface area contributed by atoms with E-state index in [1.807, 2.05) is 42.5 Å². The van der Waals surface area contributed by atoms with Gasteiger partial charge in [-0.2, -0.15) is 0 Å². The molecule has 0 bridgehead atoms. The van der Waals surface area contributed by atoms with Crippen LogP contribution >= 0.6 is 0 Å². The molecule has 0 atom stereocenters. The summed E-state index contributed by atoms with van der Waals surface area (Å²) in [6.07, 6.45) is 3.03. The summed E-state index contributed by atoms with van der Waals surface area (Å²) in [6, 6.07) is 22.1. The average Bonchev–Trinajstić information content (AvgIpc) is 2.65. The molecule has 0 aliphatic carbocycles. The zero-order chi connectivity index (χ0) is 16.4. The second kappa shape index (κ2) is 6.08. The third-order valence-corrected chi connectivity index (χ3v) is 3.98. The van der Waals surface area contributed by atoms with Gasteiger partial charge in [0.15, 0.2) is 5.65 Å². The normalized spacial score (nSPS) is 10.8. The maximum atomic E-state index is 12.3. The quantitative estimate of drug-likeness (QED) is 0.581. The number of aromatic nitrogens is 3. The SMILES string of the molecule is O=c1cnc2cccnc2n1Cc1cccc(-c2ccccc2)c1. The lowest BCUT2D eigenvalue weighted by molar-refractivity contribution is 0.775. The highest BCUT2D eigenvalue weighted by Gasteiger charge is 2.06. The Bertz CT molecular complexity index is 1050. The van der Waals surface area contributed by atoms with Crippen LogP contribution in [0.2, 0.25) is 0 Å². The molecular weight excluding hydrogens is 298 g/mol. The minimum atomic E-state index is -0.147. The first kappa shape index (κ1) is 14.3. The van der Waals surface area contributed by atoms with Crippen LogP contribution in [0.25, 0.3) is 22.3 Å². The summed E-state index contributed by atoms with van der Waals surface area (Å²) in [5.74, 6) is 0. The Labute approximate surface area is 139 Å². The topological polar surface area (TPSA) is 47.8 Å². The van der Waals surface area contributed by atoms with Gasteiger partial charge in [0.05, 0.1) is 12.7 Å². The molecule has 4 aromatic rings. The summed E-state index contributed by atoms with van der Waals surface area (Å²) in [7, 11) is 0. The van der Waals surface area contributed by atoms with Gasteiger partial charge in [-0.1, -0.05) is 48.5 Å². The second-order valence-corrected chi connectivity index (χ2v) is 5.60. The largest absolute Gasteiger partial charge is 0.286 e. The first-order chi connectivity index (χ1) is 11.8. The fourth-order valence-electron chi connectivity index (χ4n) is 2.81. The third kappa shape index (κ3) is 2.70. The molecule has 0 amide bonds. The monoisotopic (exact) mass is 313 g/mol. The molecule has 4 heteroatoms. The number of hydrogen-bond donors (Lipinski definition) is 0. The molecule has 0 aliphatic heterocycles. The smallest absolute Gasteiger partial charge is 0.270 e. The van der Waals surface area contributed by atoms with E-state index in [9.17, 15) is 4.79 Å². The molecule has 0 saturated heterocycles. The van der Waals surface area contributed by atoms with Crippen LogP contribution in [-0.4, -0.2) is 14.5 Å². The van der Waals surface area contributed by atoms with Crippen molar-refractivity contribution >= 4 is 11.2 Å². The number of rotatable bonds is 3. The van der Waals surface area contributed by atoms with Crippen LogP contribution in [0, 0.1) is 0 Å². The predicted octanol–water partition coefficient (Wildman–Crippen LogP) is 3.51. The van der Waals surface area contributed by atoms with Gasteiger partial charge in [0.1, 0.15) is 5.52 Å². The lowest BCUT2D eigenvalue weighted by atomic mass is 10.0. The number of nitrogens with zero attached hydrogens (tertiary/aromatic N) is 3. The fourth-order valence-corrected chi connectivity index (χ4v) is 2.81. The number of benzene rings is 2. The van der Waals surface area contributed by atoms with Crippen LogP contribution in [0.3, 0.4) is 0 Å². The van der Waals surface area contributed by atoms with Crippen molar-refractivity contribution in [2.75, 3.05) is 0 Å². The summed E-state index contributed by atoms with van der Waals surface area (Å²) in [4.78, 5) is 20.7. The van der Waals surface area contributed by atoms with Gasteiger partial charge >= 0.3 is 0 Å². The van der Waals surface area contributed by atoms with Crippen LogP contribution in [0.4, 0.5) is 0 Å².